The van der Waals surface area contributed by atoms with Gasteiger partial charge in [-0.15, -0.1) is 0 Å². The van der Waals surface area contributed by atoms with E-state index >= 15 is 0 Å². The van der Waals surface area contributed by atoms with Crippen molar-refractivity contribution in [3.63, 3.8) is 0 Å². The molecule has 1 aliphatic heterocycles. The number of rotatable bonds is 3. The minimum Gasteiger partial charge on any atom is -0.360 e. The van der Waals surface area contributed by atoms with Crippen molar-refractivity contribution in [1.29, 1.82) is 0 Å². The summed E-state index contributed by atoms with van der Waals surface area (Å²) in [6.07, 6.45) is 8.76. The lowest BCUT2D eigenvalue weighted by Gasteiger charge is -2.21. The first kappa shape index (κ1) is 16.3. The second-order valence-electron chi connectivity index (χ2n) is 6.92. The Labute approximate surface area is 147 Å². The van der Waals surface area contributed by atoms with Gasteiger partial charge in [0.25, 0.3) is 5.91 Å². The normalized spacial score (nSPS) is 18.6. The lowest BCUT2D eigenvalue weighted by atomic mass is 9.96. The van der Waals surface area contributed by atoms with Crippen LogP contribution in [0.25, 0.3) is 0 Å². The van der Waals surface area contributed by atoms with Crippen LogP contribution in [0.3, 0.4) is 0 Å². The molecule has 0 aromatic carbocycles. The van der Waals surface area contributed by atoms with Gasteiger partial charge in [-0.25, -0.2) is 0 Å². The molecule has 0 atom stereocenters. The maximum Gasteiger partial charge on any atom is 0.276 e. The predicted molar refractivity (Wildman–Crippen MR) is 93.2 cm³/mol. The number of carbonyl (C=O) groups excluding carboxylic acids is 1. The highest BCUT2D eigenvalue weighted by Crippen LogP contribution is 2.25. The van der Waals surface area contributed by atoms with Crippen molar-refractivity contribution in [2.75, 3.05) is 26.2 Å². The van der Waals surface area contributed by atoms with Crippen molar-refractivity contribution in [2.45, 2.75) is 38.6 Å². The zero-order valence-electron chi connectivity index (χ0n) is 14.5. The molecule has 1 aliphatic carbocycles. The van der Waals surface area contributed by atoms with Crippen LogP contribution in [-0.2, 0) is 19.4 Å². The van der Waals surface area contributed by atoms with Gasteiger partial charge in [0, 0.05) is 57.1 Å². The first-order valence-corrected chi connectivity index (χ1v) is 9.19. The van der Waals surface area contributed by atoms with Crippen molar-refractivity contribution >= 4 is 5.91 Å². The Balaban J connectivity index is 1.40. The van der Waals surface area contributed by atoms with Crippen LogP contribution in [0.15, 0.2) is 29.0 Å². The van der Waals surface area contributed by atoms with Crippen molar-refractivity contribution in [3.8, 4) is 0 Å². The standard InChI is InChI=1S/C19H24N4O2/c24-19(18-16-6-1-2-7-17(16)25-21-18)23-10-4-9-22(11-12-23)14-15-5-3-8-20-13-15/h3,5,8,13H,1-2,4,6-7,9-12,14H2. The third-order valence-electron chi connectivity index (χ3n) is 5.16. The van der Waals surface area contributed by atoms with E-state index in [4.69, 9.17) is 4.52 Å². The van der Waals surface area contributed by atoms with E-state index in [1.54, 1.807) is 6.20 Å². The minimum absolute atomic E-state index is 0.0372. The van der Waals surface area contributed by atoms with Crippen molar-refractivity contribution in [2.24, 2.45) is 0 Å². The van der Waals surface area contributed by atoms with E-state index in [1.165, 1.54) is 5.56 Å². The second-order valence-corrected chi connectivity index (χ2v) is 6.92. The van der Waals surface area contributed by atoms with Gasteiger partial charge in [0.1, 0.15) is 5.76 Å². The topological polar surface area (TPSA) is 62.5 Å². The zero-order valence-corrected chi connectivity index (χ0v) is 14.5. The molecular formula is C19H24N4O2. The Hall–Kier alpha value is -2.21. The van der Waals surface area contributed by atoms with Gasteiger partial charge in [-0.2, -0.15) is 0 Å². The number of hydrogen-bond donors (Lipinski definition) is 0. The fourth-order valence-electron chi connectivity index (χ4n) is 3.78. The SMILES string of the molecule is O=C(c1noc2c1CCCC2)N1CCCN(Cc2cccnc2)CC1. The highest BCUT2D eigenvalue weighted by Gasteiger charge is 2.28. The molecule has 1 saturated heterocycles. The maximum absolute atomic E-state index is 12.9. The highest BCUT2D eigenvalue weighted by molar-refractivity contribution is 5.94. The Bertz CT molecular complexity index is 728. The molecule has 0 bridgehead atoms. The summed E-state index contributed by atoms with van der Waals surface area (Å²) < 4.78 is 5.42. The summed E-state index contributed by atoms with van der Waals surface area (Å²) in [6, 6.07) is 4.07. The van der Waals surface area contributed by atoms with Gasteiger partial charge < -0.3 is 9.42 Å². The molecule has 0 radical (unpaired) electrons. The molecule has 132 valence electrons. The molecule has 3 heterocycles. The number of pyridine rings is 1. The Kier molecular flexibility index (Phi) is 4.78. The first-order valence-electron chi connectivity index (χ1n) is 9.19. The van der Waals surface area contributed by atoms with Crippen LogP contribution in [0.5, 0.6) is 0 Å². The minimum atomic E-state index is 0.0372. The van der Waals surface area contributed by atoms with Crippen LogP contribution in [0.2, 0.25) is 0 Å². The highest BCUT2D eigenvalue weighted by atomic mass is 16.5. The fourth-order valence-corrected chi connectivity index (χ4v) is 3.78. The van der Waals surface area contributed by atoms with Gasteiger partial charge in [0.05, 0.1) is 0 Å². The van der Waals surface area contributed by atoms with Crippen LogP contribution >= 0.6 is 0 Å². The molecule has 2 aromatic rings. The second kappa shape index (κ2) is 7.35. The monoisotopic (exact) mass is 340 g/mol. The van der Waals surface area contributed by atoms with Crippen molar-refractivity contribution in [1.82, 2.24) is 19.9 Å². The number of nitrogens with zero attached hydrogens (tertiary/aromatic N) is 4. The molecule has 6 nitrogen and oxygen atoms in total. The van der Waals surface area contributed by atoms with E-state index in [9.17, 15) is 4.79 Å². The third kappa shape index (κ3) is 3.58. The molecule has 1 fully saturated rings. The predicted octanol–water partition coefficient (Wildman–Crippen LogP) is 2.30. The van der Waals surface area contributed by atoms with E-state index in [-0.39, 0.29) is 5.91 Å². The molecule has 0 N–H and O–H groups in total. The van der Waals surface area contributed by atoms with Crippen LogP contribution in [-0.4, -0.2) is 52.0 Å². The summed E-state index contributed by atoms with van der Waals surface area (Å²) in [4.78, 5) is 21.4. The maximum atomic E-state index is 12.9. The summed E-state index contributed by atoms with van der Waals surface area (Å²) >= 11 is 0. The van der Waals surface area contributed by atoms with Crippen LogP contribution in [0.1, 0.15) is 46.6 Å². The fraction of sp³-hybridized carbons (Fsp3) is 0.526. The van der Waals surface area contributed by atoms with Gasteiger partial charge in [0.2, 0.25) is 0 Å². The van der Waals surface area contributed by atoms with Gasteiger partial charge in [-0.1, -0.05) is 11.2 Å². The van der Waals surface area contributed by atoms with E-state index in [1.807, 2.05) is 17.2 Å². The van der Waals surface area contributed by atoms with Gasteiger partial charge in [-0.05, 0) is 37.3 Å². The molecule has 1 amide bonds. The molecular weight excluding hydrogens is 316 g/mol. The first-order chi connectivity index (χ1) is 12.3. The summed E-state index contributed by atoms with van der Waals surface area (Å²) in [5.41, 5.74) is 2.82. The Morgan fingerprint density at radius 2 is 2.04 bits per heavy atom. The lowest BCUT2D eigenvalue weighted by Crippen LogP contribution is -2.35. The van der Waals surface area contributed by atoms with Crippen LogP contribution in [0, 0.1) is 0 Å². The molecule has 2 aliphatic rings. The molecule has 0 saturated carbocycles. The number of carbonyl (C=O) groups is 1. The van der Waals surface area contributed by atoms with Gasteiger partial charge in [0.15, 0.2) is 5.69 Å². The molecule has 25 heavy (non-hydrogen) atoms. The number of aromatic nitrogens is 2. The summed E-state index contributed by atoms with van der Waals surface area (Å²) in [5, 5.41) is 4.10. The van der Waals surface area contributed by atoms with E-state index < -0.39 is 0 Å². The lowest BCUT2D eigenvalue weighted by molar-refractivity contribution is 0.0749. The van der Waals surface area contributed by atoms with Gasteiger partial charge >= 0.3 is 0 Å². The quantitative estimate of drug-likeness (QED) is 0.858. The Morgan fingerprint density at radius 1 is 1.12 bits per heavy atom. The van der Waals surface area contributed by atoms with E-state index in [2.05, 4.69) is 21.1 Å². The molecule has 0 unspecified atom stereocenters. The Morgan fingerprint density at radius 3 is 2.92 bits per heavy atom. The molecule has 6 heteroatoms. The van der Waals surface area contributed by atoms with Crippen LogP contribution in [0.4, 0.5) is 0 Å². The average Bonchev–Trinajstić information content (AvgIpc) is 2.95. The number of amides is 1. The van der Waals surface area contributed by atoms with Crippen molar-refractivity contribution < 1.29 is 9.32 Å². The summed E-state index contributed by atoms with van der Waals surface area (Å²) in [6.45, 7) is 4.27. The third-order valence-corrected chi connectivity index (χ3v) is 5.16. The summed E-state index contributed by atoms with van der Waals surface area (Å²) in [7, 11) is 0. The largest absolute Gasteiger partial charge is 0.360 e. The average molecular weight is 340 g/mol. The number of fused-ring (bicyclic) bond motifs is 1. The number of hydrogen-bond acceptors (Lipinski definition) is 5. The van der Waals surface area contributed by atoms with Crippen molar-refractivity contribution in [3.05, 3.63) is 47.1 Å². The zero-order chi connectivity index (χ0) is 17.1. The molecule has 4 rings (SSSR count). The smallest absolute Gasteiger partial charge is 0.276 e. The summed E-state index contributed by atoms with van der Waals surface area (Å²) in [5.74, 6) is 0.956. The molecule has 0 spiro atoms. The molecule has 2 aromatic heterocycles. The van der Waals surface area contributed by atoms with Crippen LogP contribution < -0.4 is 0 Å². The van der Waals surface area contributed by atoms with Gasteiger partial charge in [-0.3, -0.25) is 14.7 Å². The van der Waals surface area contributed by atoms with E-state index in [0.29, 0.717) is 5.69 Å². The van der Waals surface area contributed by atoms with E-state index in [0.717, 1.165) is 76.2 Å². The number of aryl methyl sites for hydroxylation is 1.